The first kappa shape index (κ1) is 18.2. The molecule has 0 saturated heterocycles. The minimum absolute atomic E-state index is 0.312. The third kappa shape index (κ3) is 5.48. The number of nitrogens with zero attached hydrogens (tertiary/aromatic N) is 1. The average molecular weight is 331 g/mol. The van der Waals surface area contributed by atoms with Crippen molar-refractivity contribution in [3.05, 3.63) is 36.4 Å². The number of ether oxygens (including phenoxy) is 2. The van der Waals surface area contributed by atoms with Crippen molar-refractivity contribution in [3.63, 3.8) is 0 Å². The Kier molecular flexibility index (Phi) is 7.46. The van der Waals surface area contributed by atoms with Crippen LogP contribution in [-0.4, -0.2) is 32.3 Å². The molecule has 2 rings (SSSR count). The van der Waals surface area contributed by atoms with Crippen LogP contribution in [0.3, 0.4) is 0 Å². The van der Waals surface area contributed by atoms with Crippen molar-refractivity contribution in [2.24, 2.45) is 4.99 Å². The van der Waals surface area contributed by atoms with Crippen molar-refractivity contribution in [1.82, 2.24) is 10.6 Å². The summed E-state index contributed by atoms with van der Waals surface area (Å²) in [4.78, 5) is 4.64. The van der Waals surface area contributed by atoms with Crippen LogP contribution in [0.4, 0.5) is 0 Å². The SMILES string of the molecule is C=CCNC(=NCc1ccc(OC)cc1OC1CCCC1)NCC. The number of hydrogen-bond donors (Lipinski definition) is 2. The van der Waals surface area contributed by atoms with E-state index < -0.39 is 0 Å². The molecule has 2 N–H and O–H groups in total. The van der Waals surface area contributed by atoms with Crippen LogP contribution in [0.25, 0.3) is 0 Å². The lowest BCUT2D eigenvalue weighted by atomic mass is 10.2. The number of benzene rings is 1. The highest BCUT2D eigenvalue weighted by atomic mass is 16.5. The third-order valence-electron chi connectivity index (χ3n) is 4.04. The molecule has 5 heteroatoms. The maximum absolute atomic E-state index is 6.22. The number of hydrogen-bond acceptors (Lipinski definition) is 3. The van der Waals surface area contributed by atoms with Crippen LogP contribution in [0.2, 0.25) is 0 Å². The second-order valence-electron chi connectivity index (χ2n) is 5.86. The lowest BCUT2D eigenvalue weighted by Crippen LogP contribution is -2.37. The summed E-state index contributed by atoms with van der Waals surface area (Å²) < 4.78 is 11.6. The van der Waals surface area contributed by atoms with E-state index in [1.807, 2.05) is 31.2 Å². The van der Waals surface area contributed by atoms with E-state index in [4.69, 9.17) is 9.47 Å². The van der Waals surface area contributed by atoms with Crippen LogP contribution in [0.5, 0.6) is 11.5 Å². The average Bonchev–Trinajstić information content (AvgIpc) is 3.11. The highest BCUT2D eigenvalue weighted by molar-refractivity contribution is 5.79. The first-order chi connectivity index (χ1) is 11.8. The van der Waals surface area contributed by atoms with Crippen molar-refractivity contribution in [3.8, 4) is 11.5 Å². The molecule has 5 nitrogen and oxygen atoms in total. The molecule has 1 aromatic rings. The van der Waals surface area contributed by atoms with Crippen LogP contribution < -0.4 is 20.1 Å². The number of aliphatic imine (C=N–C) groups is 1. The van der Waals surface area contributed by atoms with Crippen LogP contribution in [0, 0.1) is 0 Å². The van der Waals surface area contributed by atoms with Gasteiger partial charge in [0.2, 0.25) is 0 Å². The van der Waals surface area contributed by atoms with E-state index in [2.05, 4.69) is 22.2 Å². The summed E-state index contributed by atoms with van der Waals surface area (Å²) >= 11 is 0. The molecule has 0 unspecified atom stereocenters. The van der Waals surface area contributed by atoms with Gasteiger partial charge in [0, 0.05) is 24.7 Å². The van der Waals surface area contributed by atoms with Crippen molar-refractivity contribution in [2.45, 2.75) is 45.3 Å². The Balaban J connectivity index is 2.12. The molecule has 0 amide bonds. The van der Waals surface area contributed by atoms with Gasteiger partial charge in [0.25, 0.3) is 0 Å². The van der Waals surface area contributed by atoms with E-state index in [-0.39, 0.29) is 0 Å². The summed E-state index contributed by atoms with van der Waals surface area (Å²) in [5, 5.41) is 6.44. The standard InChI is InChI=1S/C19H29N3O2/c1-4-12-21-19(20-5-2)22-14-15-10-11-17(23-3)13-18(15)24-16-8-6-7-9-16/h4,10-11,13,16H,1,5-9,12,14H2,2-3H3,(H2,20,21,22). The molecule has 1 fully saturated rings. The zero-order valence-electron chi connectivity index (χ0n) is 14.8. The van der Waals surface area contributed by atoms with Crippen molar-refractivity contribution in [1.29, 1.82) is 0 Å². The van der Waals surface area contributed by atoms with Crippen LogP contribution in [0.15, 0.2) is 35.8 Å². The maximum Gasteiger partial charge on any atom is 0.191 e. The quantitative estimate of drug-likeness (QED) is 0.436. The van der Waals surface area contributed by atoms with Gasteiger partial charge in [-0.1, -0.05) is 6.08 Å². The molecule has 0 spiro atoms. The van der Waals surface area contributed by atoms with E-state index in [9.17, 15) is 0 Å². The summed E-state index contributed by atoms with van der Waals surface area (Å²) in [6.45, 7) is 7.82. The van der Waals surface area contributed by atoms with Gasteiger partial charge in [-0.15, -0.1) is 6.58 Å². The molecule has 24 heavy (non-hydrogen) atoms. The molecule has 0 heterocycles. The number of rotatable bonds is 8. The fourth-order valence-corrected chi connectivity index (χ4v) is 2.76. The molecular formula is C19H29N3O2. The van der Waals surface area contributed by atoms with Gasteiger partial charge in [0.1, 0.15) is 11.5 Å². The van der Waals surface area contributed by atoms with E-state index in [1.54, 1.807) is 7.11 Å². The van der Waals surface area contributed by atoms with Gasteiger partial charge in [-0.3, -0.25) is 0 Å². The summed E-state index contributed by atoms with van der Waals surface area (Å²) in [5.74, 6) is 2.47. The van der Waals surface area contributed by atoms with Gasteiger partial charge in [0.05, 0.1) is 19.8 Å². The zero-order valence-corrected chi connectivity index (χ0v) is 14.8. The lowest BCUT2D eigenvalue weighted by molar-refractivity contribution is 0.207. The summed E-state index contributed by atoms with van der Waals surface area (Å²) in [6, 6.07) is 5.95. The van der Waals surface area contributed by atoms with Gasteiger partial charge in [-0.25, -0.2) is 4.99 Å². The topological polar surface area (TPSA) is 54.9 Å². The summed E-state index contributed by atoms with van der Waals surface area (Å²) in [5.41, 5.74) is 1.07. The fourth-order valence-electron chi connectivity index (χ4n) is 2.76. The lowest BCUT2D eigenvalue weighted by Gasteiger charge is -2.17. The first-order valence-corrected chi connectivity index (χ1v) is 8.73. The molecule has 0 aliphatic heterocycles. The van der Waals surface area contributed by atoms with Gasteiger partial charge in [0.15, 0.2) is 5.96 Å². The number of guanidine groups is 1. The summed E-state index contributed by atoms with van der Waals surface area (Å²) in [6.07, 6.45) is 6.88. The Hall–Kier alpha value is -2.17. The molecule has 0 bridgehead atoms. The number of methoxy groups -OCH3 is 1. The zero-order chi connectivity index (χ0) is 17.2. The number of nitrogens with one attached hydrogen (secondary N) is 2. The predicted octanol–water partition coefficient (Wildman–Crippen LogP) is 3.26. The van der Waals surface area contributed by atoms with Crippen LogP contribution in [-0.2, 0) is 6.54 Å². The minimum atomic E-state index is 0.312. The molecule has 0 aromatic heterocycles. The Morgan fingerprint density at radius 1 is 1.33 bits per heavy atom. The first-order valence-electron chi connectivity index (χ1n) is 8.73. The second kappa shape index (κ2) is 9.85. The molecular weight excluding hydrogens is 302 g/mol. The van der Waals surface area contributed by atoms with Crippen LogP contribution >= 0.6 is 0 Å². The molecule has 0 radical (unpaired) electrons. The third-order valence-corrected chi connectivity index (χ3v) is 4.04. The van der Waals surface area contributed by atoms with E-state index in [0.717, 1.165) is 42.4 Å². The second-order valence-corrected chi connectivity index (χ2v) is 5.86. The highest BCUT2D eigenvalue weighted by Gasteiger charge is 2.18. The predicted molar refractivity (Wildman–Crippen MR) is 98.9 cm³/mol. The molecule has 1 aliphatic carbocycles. The normalized spacial score (nSPS) is 15.2. The van der Waals surface area contributed by atoms with Crippen molar-refractivity contribution >= 4 is 5.96 Å². The van der Waals surface area contributed by atoms with E-state index in [1.165, 1.54) is 12.8 Å². The smallest absolute Gasteiger partial charge is 0.191 e. The molecule has 132 valence electrons. The molecule has 0 atom stereocenters. The minimum Gasteiger partial charge on any atom is -0.497 e. The fraction of sp³-hybridized carbons (Fsp3) is 0.526. The summed E-state index contributed by atoms with van der Waals surface area (Å²) in [7, 11) is 1.68. The van der Waals surface area contributed by atoms with E-state index >= 15 is 0 Å². The molecule has 1 aliphatic rings. The Bertz CT molecular complexity index is 552. The van der Waals surface area contributed by atoms with Crippen molar-refractivity contribution < 1.29 is 9.47 Å². The highest BCUT2D eigenvalue weighted by Crippen LogP contribution is 2.30. The Morgan fingerprint density at radius 3 is 2.79 bits per heavy atom. The monoisotopic (exact) mass is 331 g/mol. The maximum atomic E-state index is 6.22. The largest absolute Gasteiger partial charge is 0.497 e. The molecule has 1 saturated carbocycles. The Labute approximate surface area is 145 Å². The van der Waals surface area contributed by atoms with Gasteiger partial charge < -0.3 is 20.1 Å². The van der Waals surface area contributed by atoms with Gasteiger partial charge in [-0.05, 0) is 44.7 Å². The van der Waals surface area contributed by atoms with Gasteiger partial charge in [-0.2, -0.15) is 0 Å². The van der Waals surface area contributed by atoms with Gasteiger partial charge >= 0.3 is 0 Å². The van der Waals surface area contributed by atoms with Crippen LogP contribution in [0.1, 0.15) is 38.2 Å². The van der Waals surface area contributed by atoms with Crippen molar-refractivity contribution in [2.75, 3.05) is 20.2 Å². The molecule has 1 aromatic carbocycles. The van der Waals surface area contributed by atoms with E-state index in [0.29, 0.717) is 19.2 Å². The Morgan fingerprint density at radius 2 is 2.12 bits per heavy atom.